The molecule has 0 radical (unpaired) electrons. The lowest BCUT2D eigenvalue weighted by molar-refractivity contribution is -0.139. The van der Waals surface area contributed by atoms with Crippen molar-refractivity contribution in [2.24, 2.45) is 0 Å². The molecule has 2 aromatic carbocycles. The second-order valence-corrected chi connectivity index (χ2v) is 8.10. The van der Waals surface area contributed by atoms with Crippen LogP contribution < -0.4 is 10.1 Å². The zero-order chi connectivity index (χ0) is 22.5. The number of halogens is 2. The quantitative estimate of drug-likeness (QED) is 0.694. The Labute approximate surface area is 185 Å². The number of benzene rings is 2. The van der Waals surface area contributed by atoms with Gasteiger partial charge in [-0.1, -0.05) is 23.7 Å². The van der Waals surface area contributed by atoms with E-state index in [-0.39, 0.29) is 41.9 Å². The van der Waals surface area contributed by atoms with E-state index in [1.165, 1.54) is 24.3 Å². The molecule has 0 saturated carbocycles. The zero-order valence-electron chi connectivity index (χ0n) is 17.3. The average Bonchev–Trinajstić information content (AvgIpc) is 2.71. The molecule has 0 aliphatic carbocycles. The molecule has 2 atom stereocenters. The van der Waals surface area contributed by atoms with Gasteiger partial charge in [0.2, 0.25) is 0 Å². The molecule has 31 heavy (non-hydrogen) atoms. The highest BCUT2D eigenvalue weighted by Gasteiger charge is 2.32. The van der Waals surface area contributed by atoms with Gasteiger partial charge in [-0.15, -0.1) is 0 Å². The first-order valence-electron chi connectivity index (χ1n) is 9.93. The highest BCUT2D eigenvalue weighted by Crippen LogP contribution is 2.28. The normalized spacial score (nSPS) is 19.2. The van der Waals surface area contributed by atoms with Gasteiger partial charge in [0, 0.05) is 36.7 Å². The molecule has 2 amide bonds. The maximum absolute atomic E-state index is 13.1. The monoisotopic (exact) mass is 449 g/mol. The predicted octanol–water partition coefficient (Wildman–Crippen LogP) is 4.07. The maximum atomic E-state index is 13.1. The van der Waals surface area contributed by atoms with Crippen LogP contribution in [0.1, 0.15) is 19.4 Å². The van der Waals surface area contributed by atoms with Gasteiger partial charge in [-0.05, 0) is 49.7 Å². The van der Waals surface area contributed by atoms with Crippen molar-refractivity contribution in [3.05, 3.63) is 58.9 Å². The first-order chi connectivity index (χ1) is 14.7. The van der Waals surface area contributed by atoms with Crippen LogP contribution in [0, 0.1) is 5.82 Å². The Morgan fingerprint density at radius 1 is 1.16 bits per heavy atom. The third kappa shape index (κ3) is 6.08. The van der Waals surface area contributed by atoms with Crippen molar-refractivity contribution in [2.75, 3.05) is 25.0 Å². The maximum Gasteiger partial charge on any atom is 0.409 e. The molecule has 166 valence electrons. The fourth-order valence-corrected chi connectivity index (χ4v) is 3.83. The summed E-state index contributed by atoms with van der Waals surface area (Å²) in [5, 5.41) is 11.5. The molecule has 1 aliphatic heterocycles. The molecule has 0 unspecified atom stereocenters. The van der Waals surface area contributed by atoms with E-state index in [1.807, 2.05) is 13.8 Å². The lowest BCUT2D eigenvalue weighted by Crippen LogP contribution is -2.58. The molecule has 0 spiro atoms. The number of nitrogens with one attached hydrogen (secondary N) is 1. The van der Waals surface area contributed by atoms with Crippen LogP contribution in [-0.2, 0) is 11.3 Å². The molecular formula is C22H25ClFN3O4. The zero-order valence-corrected chi connectivity index (χ0v) is 18.1. The van der Waals surface area contributed by atoms with Crippen molar-refractivity contribution in [1.82, 2.24) is 9.80 Å². The van der Waals surface area contributed by atoms with Crippen molar-refractivity contribution in [1.29, 1.82) is 0 Å². The van der Waals surface area contributed by atoms with Crippen LogP contribution in [0.5, 0.6) is 5.75 Å². The molecule has 0 bridgehead atoms. The molecule has 2 aromatic rings. The SMILES string of the molecule is C[C@@H]1CN(Cc2ccc(F)cc2)[C@@H](C)CN1C(=O)COc1ccc(Cl)cc1NC(=O)O. The molecule has 2 N–H and O–H groups in total. The first-order valence-corrected chi connectivity index (χ1v) is 10.3. The van der Waals surface area contributed by atoms with Crippen LogP contribution in [0.4, 0.5) is 14.9 Å². The van der Waals surface area contributed by atoms with Gasteiger partial charge in [-0.3, -0.25) is 15.0 Å². The standard InChI is InChI=1S/C22H25ClFN3O4/c1-14-11-27(15(2)10-26(14)12-16-3-6-18(24)7-4-16)21(28)13-31-20-8-5-17(23)9-19(20)25-22(29)30/h3-9,14-15,25H,10-13H2,1-2H3,(H,29,30)/t14-,15+/m0/s1. The van der Waals surface area contributed by atoms with Crippen molar-refractivity contribution in [2.45, 2.75) is 32.5 Å². The Balaban J connectivity index is 1.59. The van der Waals surface area contributed by atoms with Gasteiger partial charge >= 0.3 is 6.09 Å². The number of anilines is 1. The number of carbonyl (C=O) groups is 2. The molecule has 0 aromatic heterocycles. The van der Waals surface area contributed by atoms with E-state index >= 15 is 0 Å². The van der Waals surface area contributed by atoms with Crippen LogP contribution in [0.15, 0.2) is 42.5 Å². The summed E-state index contributed by atoms with van der Waals surface area (Å²) in [5.41, 5.74) is 1.20. The van der Waals surface area contributed by atoms with Gasteiger partial charge in [-0.2, -0.15) is 0 Å². The minimum absolute atomic E-state index is 0.0328. The second kappa shape index (κ2) is 9.98. The summed E-state index contributed by atoms with van der Waals surface area (Å²) in [6.07, 6.45) is -1.25. The number of hydrogen-bond donors (Lipinski definition) is 2. The van der Waals surface area contributed by atoms with Crippen molar-refractivity contribution >= 4 is 29.3 Å². The number of amides is 2. The van der Waals surface area contributed by atoms with Crippen molar-refractivity contribution in [3.63, 3.8) is 0 Å². The van der Waals surface area contributed by atoms with E-state index in [9.17, 15) is 14.0 Å². The van der Waals surface area contributed by atoms with Crippen LogP contribution >= 0.6 is 11.6 Å². The molecule has 1 aliphatic rings. The lowest BCUT2D eigenvalue weighted by atomic mass is 10.1. The van der Waals surface area contributed by atoms with Gasteiger partial charge in [0.25, 0.3) is 5.91 Å². The molecule has 3 rings (SSSR count). The number of ether oxygens (including phenoxy) is 1. The number of rotatable bonds is 6. The van der Waals surface area contributed by atoms with Crippen LogP contribution in [-0.4, -0.2) is 58.7 Å². The number of carbonyl (C=O) groups excluding carboxylic acids is 1. The number of hydrogen-bond acceptors (Lipinski definition) is 4. The average molecular weight is 450 g/mol. The Morgan fingerprint density at radius 2 is 1.87 bits per heavy atom. The molecule has 9 heteroatoms. The number of carboxylic acid groups (broad SMARTS) is 1. The first kappa shape index (κ1) is 22.8. The highest BCUT2D eigenvalue weighted by molar-refractivity contribution is 6.31. The minimum Gasteiger partial charge on any atom is -0.482 e. The van der Waals surface area contributed by atoms with E-state index in [1.54, 1.807) is 23.1 Å². The lowest BCUT2D eigenvalue weighted by Gasteiger charge is -2.44. The molecule has 1 saturated heterocycles. The second-order valence-electron chi connectivity index (χ2n) is 7.66. The summed E-state index contributed by atoms with van der Waals surface area (Å²) in [4.78, 5) is 27.8. The Morgan fingerprint density at radius 3 is 2.55 bits per heavy atom. The highest BCUT2D eigenvalue weighted by atomic mass is 35.5. The third-order valence-electron chi connectivity index (χ3n) is 5.27. The Hall–Kier alpha value is -2.84. The third-order valence-corrected chi connectivity index (χ3v) is 5.50. The fraction of sp³-hybridized carbons (Fsp3) is 0.364. The smallest absolute Gasteiger partial charge is 0.409 e. The van der Waals surface area contributed by atoms with Crippen molar-refractivity contribution < 1.29 is 23.8 Å². The largest absolute Gasteiger partial charge is 0.482 e. The van der Waals surface area contributed by atoms with Gasteiger partial charge in [-0.25, -0.2) is 9.18 Å². The summed E-state index contributed by atoms with van der Waals surface area (Å²) in [7, 11) is 0. The summed E-state index contributed by atoms with van der Waals surface area (Å²) in [6, 6.07) is 11.0. The van der Waals surface area contributed by atoms with Crippen LogP contribution in [0.3, 0.4) is 0 Å². The van der Waals surface area contributed by atoms with Gasteiger partial charge in [0.1, 0.15) is 11.6 Å². The summed E-state index contributed by atoms with van der Waals surface area (Å²) in [6.45, 7) is 5.69. The molecule has 1 fully saturated rings. The predicted molar refractivity (Wildman–Crippen MR) is 116 cm³/mol. The van der Waals surface area contributed by atoms with E-state index in [0.29, 0.717) is 24.7 Å². The van der Waals surface area contributed by atoms with Crippen molar-refractivity contribution in [3.8, 4) is 5.75 Å². The molecule has 1 heterocycles. The summed E-state index contributed by atoms with van der Waals surface area (Å²) >= 11 is 5.91. The van der Waals surface area contributed by atoms with E-state index < -0.39 is 6.09 Å². The summed E-state index contributed by atoms with van der Waals surface area (Å²) < 4.78 is 18.7. The minimum atomic E-state index is -1.25. The summed E-state index contributed by atoms with van der Waals surface area (Å²) in [5.74, 6) is -0.212. The Kier molecular flexibility index (Phi) is 7.35. The van der Waals surface area contributed by atoms with Crippen LogP contribution in [0.25, 0.3) is 0 Å². The Bertz CT molecular complexity index is 941. The fourth-order valence-electron chi connectivity index (χ4n) is 3.65. The van der Waals surface area contributed by atoms with E-state index in [2.05, 4.69) is 10.2 Å². The van der Waals surface area contributed by atoms with E-state index in [0.717, 1.165) is 5.56 Å². The topological polar surface area (TPSA) is 82.1 Å². The van der Waals surface area contributed by atoms with E-state index in [4.69, 9.17) is 21.4 Å². The van der Waals surface area contributed by atoms with Gasteiger partial charge < -0.3 is 14.7 Å². The van der Waals surface area contributed by atoms with Crippen LogP contribution in [0.2, 0.25) is 5.02 Å². The number of nitrogens with zero attached hydrogens (tertiary/aromatic N) is 2. The molecular weight excluding hydrogens is 425 g/mol. The van der Waals surface area contributed by atoms with Gasteiger partial charge in [0.05, 0.1) is 5.69 Å². The molecule has 7 nitrogen and oxygen atoms in total. The van der Waals surface area contributed by atoms with Gasteiger partial charge in [0.15, 0.2) is 6.61 Å². The number of piperazine rings is 1.